The first kappa shape index (κ1) is 16.9. The molecule has 1 aromatic carbocycles. The molecule has 0 aliphatic heterocycles. The number of thioether (sulfide) groups is 1. The summed E-state index contributed by atoms with van der Waals surface area (Å²) in [5.41, 5.74) is -1.19. The number of nitrogens with zero attached hydrogens (tertiary/aromatic N) is 1. The number of carboxylic acid groups (broad SMARTS) is 1. The molecule has 110 valence electrons. The fraction of sp³-hybridized carbons (Fsp3) is 0.429. The first-order chi connectivity index (χ1) is 9.25. The summed E-state index contributed by atoms with van der Waals surface area (Å²) >= 11 is 7.33. The summed E-state index contributed by atoms with van der Waals surface area (Å²) in [6.45, 7) is 3.03. The molecule has 0 unspecified atom stereocenters. The number of hydrogen-bond acceptors (Lipinski definition) is 3. The molecule has 0 spiro atoms. The predicted octanol–water partition coefficient (Wildman–Crippen LogP) is 3.14. The lowest BCUT2D eigenvalue weighted by molar-refractivity contribution is -0.155. The van der Waals surface area contributed by atoms with Crippen molar-refractivity contribution in [2.45, 2.75) is 30.7 Å². The third-order valence-electron chi connectivity index (χ3n) is 3.13. The monoisotopic (exact) mass is 315 g/mol. The summed E-state index contributed by atoms with van der Waals surface area (Å²) in [6, 6.07) is 7.38. The van der Waals surface area contributed by atoms with Crippen molar-refractivity contribution in [3.63, 3.8) is 0 Å². The van der Waals surface area contributed by atoms with Crippen molar-refractivity contribution in [2.75, 3.05) is 12.8 Å². The molecule has 0 atom stereocenters. The SMILES string of the molecule is CN(C(=O)CCSc1ccc(Cl)cc1)C(C)(C)C(=O)O. The summed E-state index contributed by atoms with van der Waals surface area (Å²) in [5.74, 6) is -0.599. The van der Waals surface area contributed by atoms with Crippen LogP contribution in [0.5, 0.6) is 0 Å². The van der Waals surface area contributed by atoms with Gasteiger partial charge in [-0.25, -0.2) is 4.79 Å². The van der Waals surface area contributed by atoms with Gasteiger partial charge in [0.1, 0.15) is 5.54 Å². The number of carbonyl (C=O) groups is 2. The highest BCUT2D eigenvalue weighted by Gasteiger charge is 2.34. The maximum atomic E-state index is 12.0. The van der Waals surface area contributed by atoms with Crippen LogP contribution in [-0.4, -0.2) is 40.2 Å². The minimum atomic E-state index is -1.19. The van der Waals surface area contributed by atoms with Gasteiger partial charge in [-0.2, -0.15) is 0 Å². The lowest BCUT2D eigenvalue weighted by Gasteiger charge is -2.31. The molecule has 0 saturated heterocycles. The molecule has 0 saturated carbocycles. The van der Waals surface area contributed by atoms with Crippen LogP contribution < -0.4 is 0 Å². The van der Waals surface area contributed by atoms with E-state index in [2.05, 4.69) is 0 Å². The van der Waals surface area contributed by atoms with Crippen LogP contribution in [0.4, 0.5) is 0 Å². The topological polar surface area (TPSA) is 57.6 Å². The molecule has 4 nitrogen and oxygen atoms in total. The van der Waals surface area contributed by atoms with Crippen molar-refractivity contribution in [3.05, 3.63) is 29.3 Å². The van der Waals surface area contributed by atoms with E-state index < -0.39 is 11.5 Å². The number of rotatable bonds is 6. The molecule has 1 amide bonds. The zero-order valence-corrected chi connectivity index (χ0v) is 13.3. The molecule has 0 radical (unpaired) electrons. The summed E-state index contributed by atoms with van der Waals surface area (Å²) in [6.07, 6.45) is 0.292. The van der Waals surface area contributed by atoms with Crippen LogP contribution in [0.1, 0.15) is 20.3 Å². The smallest absolute Gasteiger partial charge is 0.329 e. The molecular formula is C14H18ClNO3S. The van der Waals surface area contributed by atoms with Gasteiger partial charge in [-0.05, 0) is 38.1 Å². The summed E-state index contributed by atoms with van der Waals surface area (Å²) in [5, 5.41) is 9.75. The van der Waals surface area contributed by atoms with Gasteiger partial charge in [0, 0.05) is 29.1 Å². The molecule has 0 fully saturated rings. The van der Waals surface area contributed by atoms with Crippen molar-refractivity contribution < 1.29 is 14.7 Å². The molecule has 1 N–H and O–H groups in total. The van der Waals surface area contributed by atoms with E-state index in [1.807, 2.05) is 12.1 Å². The molecule has 1 rings (SSSR count). The van der Waals surface area contributed by atoms with E-state index >= 15 is 0 Å². The van der Waals surface area contributed by atoms with E-state index in [9.17, 15) is 9.59 Å². The Balaban J connectivity index is 2.47. The lowest BCUT2D eigenvalue weighted by atomic mass is 10.0. The van der Waals surface area contributed by atoms with Gasteiger partial charge in [0.15, 0.2) is 0 Å². The normalized spacial score (nSPS) is 11.2. The number of aliphatic carboxylic acids is 1. The van der Waals surface area contributed by atoms with Crippen LogP contribution in [-0.2, 0) is 9.59 Å². The molecule has 0 aliphatic carbocycles. The summed E-state index contributed by atoms with van der Waals surface area (Å²) in [4.78, 5) is 25.4. The molecule has 0 aliphatic rings. The Hall–Kier alpha value is -1.20. The van der Waals surface area contributed by atoms with Gasteiger partial charge >= 0.3 is 5.97 Å². The average Bonchev–Trinajstić information content (AvgIpc) is 2.39. The highest BCUT2D eigenvalue weighted by Crippen LogP contribution is 2.22. The van der Waals surface area contributed by atoms with Crippen LogP contribution in [0.15, 0.2) is 29.2 Å². The van der Waals surface area contributed by atoms with E-state index in [1.165, 1.54) is 25.8 Å². The number of halogens is 1. The molecule has 0 aromatic heterocycles. The number of amides is 1. The van der Waals surface area contributed by atoms with Gasteiger partial charge in [-0.1, -0.05) is 11.6 Å². The lowest BCUT2D eigenvalue weighted by Crippen LogP contribution is -2.50. The van der Waals surface area contributed by atoms with Gasteiger partial charge in [0.2, 0.25) is 5.91 Å². The highest BCUT2D eigenvalue weighted by molar-refractivity contribution is 7.99. The third kappa shape index (κ3) is 4.42. The Kier molecular flexibility index (Phi) is 5.89. The number of benzene rings is 1. The van der Waals surface area contributed by atoms with Gasteiger partial charge < -0.3 is 10.0 Å². The first-order valence-corrected chi connectivity index (χ1v) is 7.50. The first-order valence-electron chi connectivity index (χ1n) is 6.13. The molecule has 6 heteroatoms. The minimum absolute atomic E-state index is 0.182. The second-order valence-electron chi connectivity index (χ2n) is 4.87. The second kappa shape index (κ2) is 6.99. The van der Waals surface area contributed by atoms with Gasteiger partial charge in [-0.3, -0.25) is 4.79 Å². The number of carboxylic acids is 1. The molecule has 0 heterocycles. The van der Waals surface area contributed by atoms with Gasteiger partial charge in [-0.15, -0.1) is 11.8 Å². The quantitative estimate of drug-likeness (QED) is 0.819. The van der Waals surface area contributed by atoms with Crippen LogP contribution in [0.3, 0.4) is 0 Å². The average molecular weight is 316 g/mol. The number of hydrogen-bond donors (Lipinski definition) is 1. The Labute approximate surface area is 128 Å². The summed E-state index contributed by atoms with van der Waals surface area (Å²) < 4.78 is 0. The zero-order chi connectivity index (χ0) is 15.3. The Morgan fingerprint density at radius 2 is 1.85 bits per heavy atom. The van der Waals surface area contributed by atoms with E-state index in [1.54, 1.807) is 23.9 Å². The molecule has 20 heavy (non-hydrogen) atoms. The molecule has 0 bridgehead atoms. The standard InChI is InChI=1S/C14H18ClNO3S/c1-14(2,13(18)19)16(3)12(17)8-9-20-11-6-4-10(15)5-7-11/h4-7H,8-9H2,1-3H3,(H,18,19). The van der Waals surface area contributed by atoms with E-state index in [0.29, 0.717) is 17.2 Å². The number of carbonyl (C=O) groups excluding carboxylic acids is 1. The maximum absolute atomic E-state index is 12.0. The summed E-state index contributed by atoms with van der Waals surface area (Å²) in [7, 11) is 1.52. The Morgan fingerprint density at radius 1 is 1.30 bits per heavy atom. The van der Waals surface area contributed by atoms with Crippen molar-refractivity contribution in [2.24, 2.45) is 0 Å². The van der Waals surface area contributed by atoms with Crippen molar-refractivity contribution in [1.82, 2.24) is 4.90 Å². The minimum Gasteiger partial charge on any atom is -0.480 e. The Bertz CT molecular complexity index is 488. The highest BCUT2D eigenvalue weighted by atomic mass is 35.5. The van der Waals surface area contributed by atoms with E-state index in [4.69, 9.17) is 16.7 Å². The van der Waals surface area contributed by atoms with Gasteiger partial charge in [0.05, 0.1) is 0 Å². The van der Waals surface area contributed by atoms with Crippen molar-refractivity contribution in [1.29, 1.82) is 0 Å². The molecule has 1 aromatic rings. The van der Waals surface area contributed by atoms with Crippen LogP contribution in [0.2, 0.25) is 5.02 Å². The Morgan fingerprint density at radius 3 is 2.35 bits per heavy atom. The van der Waals surface area contributed by atoms with Crippen molar-refractivity contribution >= 4 is 35.2 Å². The maximum Gasteiger partial charge on any atom is 0.329 e. The van der Waals surface area contributed by atoms with E-state index in [-0.39, 0.29) is 5.91 Å². The van der Waals surface area contributed by atoms with Crippen LogP contribution in [0, 0.1) is 0 Å². The van der Waals surface area contributed by atoms with Gasteiger partial charge in [0.25, 0.3) is 0 Å². The fourth-order valence-electron chi connectivity index (χ4n) is 1.41. The second-order valence-corrected chi connectivity index (χ2v) is 6.47. The number of likely N-dealkylation sites (N-methyl/N-ethyl adjacent to an activating group) is 1. The zero-order valence-electron chi connectivity index (χ0n) is 11.7. The van der Waals surface area contributed by atoms with Crippen LogP contribution >= 0.6 is 23.4 Å². The van der Waals surface area contributed by atoms with E-state index in [0.717, 1.165) is 4.90 Å². The largest absolute Gasteiger partial charge is 0.480 e. The molecular weight excluding hydrogens is 298 g/mol. The fourth-order valence-corrected chi connectivity index (χ4v) is 2.38. The third-order valence-corrected chi connectivity index (χ3v) is 4.40. The predicted molar refractivity (Wildman–Crippen MR) is 81.3 cm³/mol. The van der Waals surface area contributed by atoms with Crippen LogP contribution in [0.25, 0.3) is 0 Å². The van der Waals surface area contributed by atoms with Crippen molar-refractivity contribution in [3.8, 4) is 0 Å².